The van der Waals surface area contributed by atoms with E-state index < -0.39 is 5.97 Å². The standard InChI is InChI=1S/C16H18O2/c1-2-3-4-5-6-7-8-9-10-11-12-13-14-15-16(17)18/h2-3,8-11H,12-15H2,1H3,(H,17,18). The van der Waals surface area contributed by atoms with Gasteiger partial charge in [-0.15, -0.1) is 0 Å². The molecule has 0 aliphatic carbocycles. The third-order valence-corrected chi connectivity index (χ3v) is 1.90. The molecule has 2 heteroatoms. The molecule has 0 radical (unpaired) electrons. The van der Waals surface area contributed by atoms with E-state index in [1.807, 2.05) is 31.2 Å². The Morgan fingerprint density at radius 3 is 2.50 bits per heavy atom. The SMILES string of the molecule is CC=CC#CC#CC=CC=CCCCCC(=O)O. The maximum atomic E-state index is 10.2. The minimum absolute atomic E-state index is 0.250. The summed E-state index contributed by atoms with van der Waals surface area (Å²) in [7, 11) is 0. The monoisotopic (exact) mass is 242 g/mol. The van der Waals surface area contributed by atoms with Crippen molar-refractivity contribution in [3.63, 3.8) is 0 Å². The molecule has 0 saturated heterocycles. The minimum atomic E-state index is -0.729. The minimum Gasteiger partial charge on any atom is -0.481 e. The fraction of sp³-hybridized carbons (Fsp3) is 0.312. The van der Waals surface area contributed by atoms with Gasteiger partial charge in [0, 0.05) is 6.42 Å². The highest BCUT2D eigenvalue weighted by atomic mass is 16.4. The first-order chi connectivity index (χ1) is 8.77. The Morgan fingerprint density at radius 2 is 1.83 bits per heavy atom. The van der Waals surface area contributed by atoms with Gasteiger partial charge in [0.25, 0.3) is 0 Å². The van der Waals surface area contributed by atoms with Crippen LogP contribution in [0.25, 0.3) is 0 Å². The molecule has 0 amide bonds. The summed E-state index contributed by atoms with van der Waals surface area (Å²) < 4.78 is 0. The Labute approximate surface area is 109 Å². The normalized spacial score (nSPS) is 10.3. The van der Waals surface area contributed by atoms with Gasteiger partial charge >= 0.3 is 5.97 Å². The molecule has 0 rings (SSSR count). The Hall–Kier alpha value is -2.19. The van der Waals surface area contributed by atoms with E-state index in [9.17, 15) is 4.79 Å². The molecule has 0 spiro atoms. The lowest BCUT2D eigenvalue weighted by molar-refractivity contribution is -0.137. The fourth-order valence-corrected chi connectivity index (χ4v) is 1.06. The lowest BCUT2D eigenvalue weighted by Crippen LogP contribution is -1.92. The van der Waals surface area contributed by atoms with Crippen LogP contribution < -0.4 is 0 Å². The quantitative estimate of drug-likeness (QED) is 0.440. The van der Waals surface area contributed by atoms with E-state index in [0.717, 1.165) is 19.3 Å². The van der Waals surface area contributed by atoms with Crippen LogP contribution in [0.2, 0.25) is 0 Å². The van der Waals surface area contributed by atoms with Crippen molar-refractivity contribution >= 4 is 5.97 Å². The summed E-state index contributed by atoms with van der Waals surface area (Å²) in [5.74, 6) is 10.2. The molecule has 0 fully saturated rings. The van der Waals surface area contributed by atoms with E-state index >= 15 is 0 Å². The summed E-state index contributed by atoms with van der Waals surface area (Å²) >= 11 is 0. The number of aliphatic carboxylic acids is 1. The van der Waals surface area contributed by atoms with Gasteiger partial charge in [0.15, 0.2) is 0 Å². The highest BCUT2D eigenvalue weighted by molar-refractivity contribution is 5.66. The molecule has 0 aromatic rings. The van der Waals surface area contributed by atoms with Gasteiger partial charge in [-0.2, -0.15) is 0 Å². The van der Waals surface area contributed by atoms with Gasteiger partial charge in [-0.25, -0.2) is 0 Å². The van der Waals surface area contributed by atoms with Gasteiger partial charge in [-0.1, -0.05) is 36.1 Å². The van der Waals surface area contributed by atoms with E-state index in [1.165, 1.54) is 0 Å². The van der Waals surface area contributed by atoms with Crippen molar-refractivity contribution in [2.24, 2.45) is 0 Å². The molecule has 0 heterocycles. The molecular weight excluding hydrogens is 224 g/mol. The molecule has 1 N–H and O–H groups in total. The highest BCUT2D eigenvalue weighted by Gasteiger charge is 1.93. The zero-order valence-corrected chi connectivity index (χ0v) is 10.6. The van der Waals surface area contributed by atoms with Crippen LogP contribution in [-0.4, -0.2) is 11.1 Å². The van der Waals surface area contributed by atoms with Crippen molar-refractivity contribution in [2.75, 3.05) is 0 Å². The van der Waals surface area contributed by atoms with E-state index in [2.05, 4.69) is 23.7 Å². The van der Waals surface area contributed by atoms with Gasteiger partial charge in [0.1, 0.15) is 0 Å². The largest absolute Gasteiger partial charge is 0.481 e. The number of hydrogen-bond donors (Lipinski definition) is 1. The number of carboxylic acids is 1. The molecule has 0 aromatic heterocycles. The van der Waals surface area contributed by atoms with Crippen LogP contribution in [-0.2, 0) is 4.79 Å². The summed E-state index contributed by atoms with van der Waals surface area (Å²) in [6, 6.07) is 0. The highest BCUT2D eigenvalue weighted by Crippen LogP contribution is 2.00. The molecular formula is C16H18O2. The Balaban J connectivity index is 3.64. The van der Waals surface area contributed by atoms with E-state index in [1.54, 1.807) is 12.2 Å². The van der Waals surface area contributed by atoms with Crippen LogP contribution in [0.5, 0.6) is 0 Å². The Kier molecular flexibility index (Phi) is 11.3. The third-order valence-electron chi connectivity index (χ3n) is 1.90. The Bertz CT molecular complexity index is 431. The van der Waals surface area contributed by atoms with Crippen molar-refractivity contribution in [1.29, 1.82) is 0 Å². The van der Waals surface area contributed by atoms with Crippen molar-refractivity contribution < 1.29 is 9.90 Å². The van der Waals surface area contributed by atoms with Gasteiger partial charge in [-0.05, 0) is 50.2 Å². The molecule has 0 bridgehead atoms. The molecule has 0 aliphatic rings. The van der Waals surface area contributed by atoms with Crippen LogP contribution >= 0.6 is 0 Å². The first-order valence-corrected chi connectivity index (χ1v) is 5.93. The summed E-state index contributed by atoms with van der Waals surface area (Å²) in [5, 5.41) is 8.43. The maximum Gasteiger partial charge on any atom is 0.303 e. The van der Waals surface area contributed by atoms with E-state index in [4.69, 9.17) is 5.11 Å². The lowest BCUT2D eigenvalue weighted by atomic mass is 10.2. The van der Waals surface area contributed by atoms with Gasteiger partial charge in [-0.3, -0.25) is 4.79 Å². The van der Waals surface area contributed by atoms with Gasteiger partial charge in [0.05, 0.1) is 0 Å². The number of hydrogen-bond acceptors (Lipinski definition) is 1. The molecule has 0 atom stereocenters. The smallest absolute Gasteiger partial charge is 0.303 e. The predicted octanol–water partition coefficient (Wildman–Crippen LogP) is 3.33. The molecule has 0 unspecified atom stereocenters. The zero-order valence-electron chi connectivity index (χ0n) is 10.6. The average molecular weight is 242 g/mol. The number of carboxylic acid groups (broad SMARTS) is 1. The van der Waals surface area contributed by atoms with E-state index in [0.29, 0.717) is 0 Å². The van der Waals surface area contributed by atoms with Crippen LogP contribution in [0, 0.1) is 23.7 Å². The molecule has 0 aromatic carbocycles. The van der Waals surface area contributed by atoms with Crippen LogP contribution in [0.1, 0.15) is 32.6 Å². The summed E-state index contributed by atoms with van der Waals surface area (Å²) in [5.41, 5.74) is 0. The number of carbonyl (C=O) groups is 1. The van der Waals surface area contributed by atoms with Crippen molar-refractivity contribution in [3.8, 4) is 23.7 Å². The average Bonchev–Trinajstić information content (AvgIpc) is 2.34. The van der Waals surface area contributed by atoms with Gasteiger partial charge < -0.3 is 5.11 Å². The molecule has 0 saturated carbocycles. The van der Waals surface area contributed by atoms with E-state index in [-0.39, 0.29) is 6.42 Å². The second kappa shape index (κ2) is 12.9. The summed E-state index contributed by atoms with van der Waals surface area (Å²) in [4.78, 5) is 10.2. The summed E-state index contributed by atoms with van der Waals surface area (Å²) in [6.45, 7) is 1.91. The number of allylic oxidation sites excluding steroid dienone is 6. The van der Waals surface area contributed by atoms with Crippen molar-refractivity contribution in [1.82, 2.24) is 0 Å². The number of rotatable bonds is 6. The van der Waals surface area contributed by atoms with Crippen LogP contribution in [0.4, 0.5) is 0 Å². The second-order valence-corrected chi connectivity index (χ2v) is 3.47. The molecule has 18 heavy (non-hydrogen) atoms. The molecule has 2 nitrogen and oxygen atoms in total. The van der Waals surface area contributed by atoms with Crippen molar-refractivity contribution in [3.05, 3.63) is 36.5 Å². The Morgan fingerprint density at radius 1 is 1.11 bits per heavy atom. The lowest BCUT2D eigenvalue weighted by Gasteiger charge is -1.91. The van der Waals surface area contributed by atoms with Gasteiger partial charge in [0.2, 0.25) is 0 Å². The first kappa shape index (κ1) is 15.8. The van der Waals surface area contributed by atoms with Crippen LogP contribution in [0.15, 0.2) is 36.5 Å². The molecule has 94 valence electrons. The fourth-order valence-electron chi connectivity index (χ4n) is 1.06. The second-order valence-electron chi connectivity index (χ2n) is 3.47. The molecule has 0 aliphatic heterocycles. The zero-order chi connectivity index (χ0) is 13.5. The van der Waals surface area contributed by atoms with Crippen molar-refractivity contribution in [2.45, 2.75) is 32.6 Å². The predicted molar refractivity (Wildman–Crippen MR) is 74.7 cm³/mol. The maximum absolute atomic E-state index is 10.2. The summed E-state index contributed by atoms with van der Waals surface area (Å²) in [6.07, 6.45) is 13.9. The third kappa shape index (κ3) is 13.8. The van der Waals surface area contributed by atoms with Crippen LogP contribution in [0.3, 0.4) is 0 Å². The topological polar surface area (TPSA) is 37.3 Å². The first-order valence-electron chi connectivity index (χ1n) is 5.93. The number of unbranched alkanes of at least 4 members (excludes halogenated alkanes) is 2.